The zero-order chi connectivity index (χ0) is 21.7. The molecule has 6 heteroatoms. The van der Waals surface area contributed by atoms with Crippen molar-refractivity contribution in [1.82, 2.24) is 14.5 Å². The minimum atomic E-state index is -0.533. The zero-order valence-corrected chi connectivity index (χ0v) is 18.3. The van der Waals surface area contributed by atoms with Crippen LogP contribution < -0.4 is 4.74 Å². The number of fused-ring (bicyclic) bond motifs is 2. The highest BCUT2D eigenvalue weighted by Gasteiger charge is 2.44. The number of benzene rings is 1. The van der Waals surface area contributed by atoms with Crippen LogP contribution in [0.5, 0.6) is 5.75 Å². The summed E-state index contributed by atoms with van der Waals surface area (Å²) in [5.41, 5.74) is 3.61. The topological polar surface area (TPSA) is 67.6 Å². The molecule has 1 N–H and O–H groups in total. The molecule has 1 aliphatic carbocycles. The Morgan fingerprint density at radius 2 is 1.84 bits per heavy atom. The predicted octanol–water partition coefficient (Wildman–Crippen LogP) is 3.48. The van der Waals surface area contributed by atoms with E-state index in [9.17, 15) is 9.90 Å². The molecule has 0 bridgehead atoms. The highest BCUT2D eigenvalue weighted by molar-refractivity contribution is 6.07. The molecule has 0 spiro atoms. The number of likely N-dealkylation sites (tertiary alicyclic amines) is 1. The van der Waals surface area contributed by atoms with E-state index in [1.807, 2.05) is 73.0 Å². The van der Waals surface area contributed by atoms with E-state index < -0.39 is 6.10 Å². The highest BCUT2D eigenvalue weighted by atomic mass is 16.5. The Morgan fingerprint density at radius 1 is 1.10 bits per heavy atom. The number of ether oxygens (including phenoxy) is 1. The standard InChI is InChI=1S/C25H29N3O3/c1-15-8-9-23(16(2)26-15)31-24-11-18-13-28(12-17(18)10-22(24)29)25(30)20-14-27(3)21-7-5-4-6-19(20)21/h4-9,14,17-18,22,24,29H,10-13H2,1-3H3/t17-,18+,22+,24+/m0/s1. The molecular formula is C25H29N3O3. The van der Waals surface area contributed by atoms with Gasteiger partial charge in [-0.15, -0.1) is 0 Å². The van der Waals surface area contributed by atoms with Crippen molar-refractivity contribution in [2.45, 2.75) is 38.9 Å². The second kappa shape index (κ2) is 7.68. The lowest BCUT2D eigenvalue weighted by Crippen LogP contribution is -2.42. The summed E-state index contributed by atoms with van der Waals surface area (Å²) in [5.74, 6) is 1.46. The molecule has 2 aromatic heterocycles. The summed E-state index contributed by atoms with van der Waals surface area (Å²) in [6.45, 7) is 5.30. The lowest BCUT2D eigenvalue weighted by atomic mass is 9.78. The van der Waals surface area contributed by atoms with Gasteiger partial charge in [-0.25, -0.2) is 0 Å². The third-order valence-electron chi connectivity index (χ3n) is 6.95. The van der Waals surface area contributed by atoms with Crippen LogP contribution >= 0.6 is 0 Å². The SMILES string of the molecule is Cc1ccc(O[C@@H]2C[C@@H]3CN(C(=O)c4cn(C)c5ccccc45)C[C@@H]3C[C@H]2O)c(C)n1. The van der Waals surface area contributed by atoms with Crippen LogP contribution in [0.1, 0.15) is 34.6 Å². The maximum Gasteiger partial charge on any atom is 0.256 e. The number of aryl methyl sites for hydroxylation is 3. The minimum absolute atomic E-state index is 0.0803. The van der Waals surface area contributed by atoms with Gasteiger partial charge in [-0.2, -0.15) is 0 Å². The third-order valence-corrected chi connectivity index (χ3v) is 6.95. The van der Waals surface area contributed by atoms with Crippen LogP contribution in [0.4, 0.5) is 0 Å². The van der Waals surface area contributed by atoms with Gasteiger partial charge in [0.05, 0.1) is 17.4 Å². The van der Waals surface area contributed by atoms with Gasteiger partial charge in [-0.3, -0.25) is 9.78 Å². The second-order valence-electron chi connectivity index (χ2n) is 9.13. The van der Waals surface area contributed by atoms with Gasteiger partial charge < -0.3 is 19.3 Å². The van der Waals surface area contributed by atoms with Crippen LogP contribution in [-0.4, -0.2) is 50.8 Å². The first kappa shape index (κ1) is 20.1. The normalized spacial score (nSPS) is 25.6. The quantitative estimate of drug-likeness (QED) is 0.706. The number of carbonyl (C=O) groups is 1. The molecule has 1 saturated heterocycles. The molecule has 2 fully saturated rings. The first-order valence-electron chi connectivity index (χ1n) is 11.0. The van der Waals surface area contributed by atoms with Gasteiger partial charge in [0.2, 0.25) is 0 Å². The van der Waals surface area contributed by atoms with Crippen LogP contribution in [0.3, 0.4) is 0 Å². The Kier molecular flexibility index (Phi) is 4.97. The highest BCUT2D eigenvalue weighted by Crippen LogP contribution is 2.39. The monoisotopic (exact) mass is 419 g/mol. The van der Waals surface area contributed by atoms with Gasteiger partial charge >= 0.3 is 0 Å². The molecule has 5 rings (SSSR count). The summed E-state index contributed by atoms with van der Waals surface area (Å²) in [7, 11) is 1.98. The van der Waals surface area contributed by atoms with Crippen molar-refractivity contribution in [1.29, 1.82) is 0 Å². The van der Waals surface area contributed by atoms with E-state index in [0.29, 0.717) is 31.3 Å². The molecule has 3 aromatic rings. The van der Waals surface area contributed by atoms with Crippen molar-refractivity contribution in [3.05, 3.63) is 59.5 Å². The van der Waals surface area contributed by atoms with Crippen LogP contribution in [0.15, 0.2) is 42.6 Å². The Labute approximate surface area is 182 Å². The molecule has 1 amide bonds. The molecule has 1 saturated carbocycles. The average Bonchev–Trinajstić information content (AvgIpc) is 3.31. The summed E-state index contributed by atoms with van der Waals surface area (Å²) in [5, 5.41) is 11.8. The molecule has 6 nitrogen and oxygen atoms in total. The third kappa shape index (κ3) is 3.59. The molecule has 1 aromatic carbocycles. The smallest absolute Gasteiger partial charge is 0.256 e. The Morgan fingerprint density at radius 3 is 2.61 bits per heavy atom. The Hall–Kier alpha value is -2.86. The number of aliphatic hydroxyl groups excluding tert-OH is 1. The number of rotatable bonds is 3. The van der Waals surface area contributed by atoms with Gasteiger partial charge in [0.1, 0.15) is 11.9 Å². The number of hydrogen-bond acceptors (Lipinski definition) is 4. The molecule has 1 aliphatic heterocycles. The molecule has 0 unspecified atom stereocenters. The van der Waals surface area contributed by atoms with Crippen LogP contribution in [0.2, 0.25) is 0 Å². The molecule has 2 aliphatic rings. The van der Waals surface area contributed by atoms with Crippen molar-refractivity contribution in [3.8, 4) is 5.75 Å². The molecule has 0 radical (unpaired) electrons. The van der Waals surface area contributed by atoms with Crippen molar-refractivity contribution in [2.75, 3.05) is 13.1 Å². The maximum absolute atomic E-state index is 13.4. The van der Waals surface area contributed by atoms with E-state index in [0.717, 1.165) is 40.0 Å². The number of aliphatic hydroxyl groups is 1. The second-order valence-corrected chi connectivity index (χ2v) is 9.13. The molecule has 3 heterocycles. The summed E-state index contributed by atoms with van der Waals surface area (Å²) in [6, 6.07) is 11.9. The zero-order valence-electron chi connectivity index (χ0n) is 18.3. The van der Waals surface area contributed by atoms with Gasteiger partial charge in [-0.05, 0) is 56.7 Å². The predicted molar refractivity (Wildman–Crippen MR) is 119 cm³/mol. The van der Waals surface area contributed by atoms with E-state index in [4.69, 9.17) is 4.74 Å². The minimum Gasteiger partial charge on any atom is -0.486 e. The molecular weight excluding hydrogens is 390 g/mol. The van der Waals surface area contributed by atoms with E-state index in [2.05, 4.69) is 4.98 Å². The fourth-order valence-corrected chi connectivity index (χ4v) is 5.33. The van der Waals surface area contributed by atoms with Crippen LogP contribution in [0, 0.1) is 25.7 Å². The van der Waals surface area contributed by atoms with E-state index in [-0.39, 0.29) is 12.0 Å². The summed E-state index contributed by atoms with van der Waals surface area (Å²) >= 11 is 0. The molecule has 31 heavy (non-hydrogen) atoms. The lowest BCUT2D eigenvalue weighted by molar-refractivity contribution is -0.0236. The van der Waals surface area contributed by atoms with Crippen molar-refractivity contribution >= 4 is 16.8 Å². The van der Waals surface area contributed by atoms with Gasteiger partial charge in [0.25, 0.3) is 5.91 Å². The fraction of sp³-hybridized carbons (Fsp3) is 0.440. The first-order valence-corrected chi connectivity index (χ1v) is 11.0. The van der Waals surface area contributed by atoms with Gasteiger partial charge in [0, 0.05) is 42.9 Å². The number of aromatic nitrogens is 2. The number of nitrogens with zero attached hydrogens (tertiary/aromatic N) is 3. The largest absolute Gasteiger partial charge is 0.486 e. The van der Waals surface area contributed by atoms with E-state index in [1.165, 1.54) is 0 Å². The molecule has 4 atom stereocenters. The van der Waals surface area contributed by atoms with E-state index >= 15 is 0 Å². The summed E-state index contributed by atoms with van der Waals surface area (Å²) < 4.78 is 8.19. The lowest BCUT2D eigenvalue weighted by Gasteiger charge is -2.35. The maximum atomic E-state index is 13.4. The Bertz CT molecular complexity index is 1140. The number of amides is 1. The number of pyridine rings is 1. The average molecular weight is 420 g/mol. The van der Waals surface area contributed by atoms with Crippen molar-refractivity contribution < 1.29 is 14.6 Å². The van der Waals surface area contributed by atoms with Crippen molar-refractivity contribution in [2.24, 2.45) is 18.9 Å². The van der Waals surface area contributed by atoms with Gasteiger partial charge in [0.15, 0.2) is 0 Å². The van der Waals surface area contributed by atoms with Crippen molar-refractivity contribution in [3.63, 3.8) is 0 Å². The number of para-hydroxylation sites is 1. The summed E-state index contributed by atoms with van der Waals surface area (Å²) in [6.07, 6.45) is 2.54. The number of hydrogen-bond donors (Lipinski definition) is 1. The van der Waals surface area contributed by atoms with Crippen LogP contribution in [-0.2, 0) is 7.05 Å². The summed E-state index contributed by atoms with van der Waals surface area (Å²) in [4.78, 5) is 19.8. The van der Waals surface area contributed by atoms with E-state index in [1.54, 1.807) is 0 Å². The molecule has 162 valence electrons. The fourth-order valence-electron chi connectivity index (χ4n) is 5.33. The van der Waals surface area contributed by atoms with Crippen LogP contribution in [0.25, 0.3) is 10.9 Å². The Balaban J connectivity index is 1.31. The number of carbonyl (C=O) groups excluding carboxylic acids is 1. The van der Waals surface area contributed by atoms with Gasteiger partial charge in [-0.1, -0.05) is 18.2 Å². The first-order chi connectivity index (χ1) is 14.9.